The number of aliphatic hydroxyl groups is 1. The molecule has 2 aromatic carbocycles. The van der Waals surface area contributed by atoms with Crippen molar-refractivity contribution >= 4 is 10.0 Å². The van der Waals surface area contributed by atoms with Crippen LogP contribution in [0.5, 0.6) is 0 Å². The highest BCUT2D eigenvalue weighted by Gasteiger charge is 2.34. The fourth-order valence-corrected chi connectivity index (χ4v) is 5.13. The van der Waals surface area contributed by atoms with Crippen molar-refractivity contribution in [3.8, 4) is 11.3 Å². The predicted octanol–water partition coefficient (Wildman–Crippen LogP) is 2.50. The highest BCUT2D eigenvalue weighted by molar-refractivity contribution is 7.89. The summed E-state index contributed by atoms with van der Waals surface area (Å²) in [6.45, 7) is 0.115. The molecule has 33 heavy (non-hydrogen) atoms. The topological polar surface area (TPSA) is 106 Å². The lowest BCUT2D eigenvalue weighted by atomic mass is 9.98. The van der Waals surface area contributed by atoms with E-state index in [0.29, 0.717) is 37.1 Å². The standard InChI is InChI=1S/C22H24F2N4O4S/c23-15-5-8-17(9-6-15)33(30,31)26-20-10-7-16(32-22(20)14-29)11-12-28-13-21(25-27-28)18-3-1-2-4-19(18)24/h1-6,8-9,13,16,20,22,26,29H,7,10-12,14H2/t16-,20-,22+/m1/s1. The van der Waals surface area contributed by atoms with Crippen LogP contribution in [0.15, 0.2) is 59.6 Å². The van der Waals surface area contributed by atoms with Crippen LogP contribution in [-0.4, -0.2) is 53.4 Å². The second-order valence-electron chi connectivity index (χ2n) is 7.87. The van der Waals surface area contributed by atoms with Crippen molar-refractivity contribution in [1.82, 2.24) is 19.7 Å². The van der Waals surface area contributed by atoms with Crippen molar-refractivity contribution < 1.29 is 27.0 Å². The third-order valence-electron chi connectivity index (χ3n) is 5.59. The number of halogens is 2. The first-order valence-electron chi connectivity index (χ1n) is 10.5. The average molecular weight is 479 g/mol. The smallest absolute Gasteiger partial charge is 0.240 e. The van der Waals surface area contributed by atoms with Crippen LogP contribution in [0.2, 0.25) is 0 Å². The minimum Gasteiger partial charge on any atom is -0.394 e. The highest BCUT2D eigenvalue weighted by atomic mass is 32.2. The molecule has 0 radical (unpaired) electrons. The molecular weight excluding hydrogens is 454 g/mol. The fraction of sp³-hybridized carbons (Fsp3) is 0.364. The van der Waals surface area contributed by atoms with E-state index < -0.39 is 28.0 Å². The van der Waals surface area contributed by atoms with Crippen LogP contribution in [-0.2, 0) is 21.3 Å². The molecule has 176 valence electrons. The summed E-state index contributed by atoms with van der Waals surface area (Å²) in [7, 11) is -3.88. The Morgan fingerprint density at radius 3 is 2.61 bits per heavy atom. The lowest BCUT2D eigenvalue weighted by molar-refractivity contribution is -0.0891. The lowest BCUT2D eigenvalue weighted by Crippen LogP contribution is -2.50. The molecule has 0 amide bonds. The van der Waals surface area contributed by atoms with Crippen molar-refractivity contribution in [2.45, 2.75) is 49.0 Å². The maximum absolute atomic E-state index is 13.9. The van der Waals surface area contributed by atoms with Crippen LogP contribution in [0.25, 0.3) is 11.3 Å². The molecule has 0 aliphatic carbocycles. The number of ether oxygens (including phenoxy) is 1. The van der Waals surface area contributed by atoms with Gasteiger partial charge in [0.2, 0.25) is 10.0 Å². The van der Waals surface area contributed by atoms with E-state index in [-0.39, 0.29) is 23.4 Å². The number of aliphatic hydroxyl groups excluding tert-OH is 1. The molecule has 4 rings (SSSR count). The first kappa shape index (κ1) is 23.4. The summed E-state index contributed by atoms with van der Waals surface area (Å²) in [6.07, 6.45) is 2.33. The Morgan fingerprint density at radius 2 is 1.88 bits per heavy atom. The van der Waals surface area contributed by atoms with E-state index in [4.69, 9.17) is 4.74 Å². The van der Waals surface area contributed by atoms with E-state index in [9.17, 15) is 22.3 Å². The maximum atomic E-state index is 13.9. The first-order valence-corrected chi connectivity index (χ1v) is 12.0. The maximum Gasteiger partial charge on any atom is 0.240 e. The SMILES string of the molecule is O=S(=O)(N[C@@H]1CC[C@H](CCn2cc(-c3ccccc3F)nn2)O[C@H]1CO)c1ccc(F)cc1. The molecule has 1 fully saturated rings. The second-order valence-corrected chi connectivity index (χ2v) is 9.59. The van der Waals surface area contributed by atoms with Gasteiger partial charge >= 0.3 is 0 Å². The van der Waals surface area contributed by atoms with Crippen LogP contribution < -0.4 is 4.72 Å². The average Bonchev–Trinajstić information content (AvgIpc) is 3.27. The molecule has 1 aliphatic rings. The third-order valence-corrected chi connectivity index (χ3v) is 7.10. The highest BCUT2D eigenvalue weighted by Crippen LogP contribution is 2.25. The summed E-state index contributed by atoms with van der Waals surface area (Å²) in [5.41, 5.74) is 0.801. The Balaban J connectivity index is 1.34. The van der Waals surface area contributed by atoms with E-state index in [1.165, 1.54) is 18.2 Å². The van der Waals surface area contributed by atoms with Gasteiger partial charge in [-0.2, -0.15) is 0 Å². The van der Waals surface area contributed by atoms with Crippen molar-refractivity contribution in [3.63, 3.8) is 0 Å². The quantitative estimate of drug-likeness (QED) is 0.515. The van der Waals surface area contributed by atoms with Gasteiger partial charge in [-0.3, -0.25) is 4.68 Å². The van der Waals surface area contributed by atoms with E-state index in [1.807, 2.05) is 0 Å². The number of nitrogens with one attached hydrogen (secondary N) is 1. The minimum absolute atomic E-state index is 0.0560. The zero-order chi connectivity index (χ0) is 23.4. The molecule has 1 saturated heterocycles. The van der Waals surface area contributed by atoms with Gasteiger partial charge < -0.3 is 9.84 Å². The number of aromatic nitrogens is 3. The van der Waals surface area contributed by atoms with E-state index in [2.05, 4.69) is 15.0 Å². The lowest BCUT2D eigenvalue weighted by Gasteiger charge is -2.36. The van der Waals surface area contributed by atoms with Gasteiger partial charge in [-0.25, -0.2) is 21.9 Å². The number of aryl methyl sites for hydroxylation is 1. The van der Waals surface area contributed by atoms with Crippen LogP contribution in [0.3, 0.4) is 0 Å². The number of hydrogen-bond acceptors (Lipinski definition) is 6. The monoisotopic (exact) mass is 478 g/mol. The Labute approximate surface area is 190 Å². The summed E-state index contributed by atoms with van der Waals surface area (Å²) in [5, 5.41) is 17.8. The Morgan fingerprint density at radius 1 is 1.12 bits per heavy atom. The van der Waals surface area contributed by atoms with Gasteiger partial charge in [0.05, 0.1) is 35.9 Å². The molecule has 0 saturated carbocycles. The zero-order valence-corrected chi connectivity index (χ0v) is 18.5. The summed E-state index contributed by atoms with van der Waals surface area (Å²) in [6, 6.07) is 10.2. The molecule has 1 aromatic heterocycles. The second kappa shape index (κ2) is 10.0. The molecule has 3 aromatic rings. The van der Waals surface area contributed by atoms with Crippen LogP contribution in [0.1, 0.15) is 19.3 Å². The number of rotatable bonds is 8. The van der Waals surface area contributed by atoms with Gasteiger partial charge in [-0.05, 0) is 55.7 Å². The van der Waals surface area contributed by atoms with Crippen molar-refractivity contribution in [2.24, 2.45) is 0 Å². The van der Waals surface area contributed by atoms with Gasteiger partial charge in [0.1, 0.15) is 17.3 Å². The van der Waals surface area contributed by atoms with Crippen molar-refractivity contribution in [2.75, 3.05) is 6.61 Å². The molecule has 0 spiro atoms. The van der Waals surface area contributed by atoms with Crippen molar-refractivity contribution in [3.05, 3.63) is 66.4 Å². The first-order chi connectivity index (χ1) is 15.9. The number of benzene rings is 2. The number of hydrogen-bond donors (Lipinski definition) is 2. The molecular formula is C22H24F2N4O4S. The van der Waals surface area contributed by atoms with Gasteiger partial charge in [0.25, 0.3) is 0 Å². The van der Waals surface area contributed by atoms with Crippen LogP contribution >= 0.6 is 0 Å². The molecule has 1 aliphatic heterocycles. The Kier molecular flexibility index (Phi) is 7.13. The molecule has 8 nitrogen and oxygen atoms in total. The van der Waals surface area contributed by atoms with Gasteiger partial charge in [0.15, 0.2) is 0 Å². The summed E-state index contributed by atoms with van der Waals surface area (Å²) in [4.78, 5) is -0.0560. The van der Waals surface area contributed by atoms with Gasteiger partial charge in [-0.15, -0.1) is 5.10 Å². The van der Waals surface area contributed by atoms with Crippen LogP contribution in [0, 0.1) is 11.6 Å². The fourth-order valence-electron chi connectivity index (χ4n) is 3.84. The normalized spacial score (nSPS) is 21.2. The summed E-state index contributed by atoms with van der Waals surface area (Å²) in [5.74, 6) is -0.903. The van der Waals surface area contributed by atoms with Crippen molar-refractivity contribution in [1.29, 1.82) is 0 Å². The Hall–Kier alpha value is -2.73. The minimum atomic E-state index is -3.88. The van der Waals surface area contributed by atoms with E-state index >= 15 is 0 Å². The largest absolute Gasteiger partial charge is 0.394 e. The van der Waals surface area contributed by atoms with Crippen LogP contribution in [0.4, 0.5) is 8.78 Å². The van der Waals surface area contributed by atoms with E-state index in [0.717, 1.165) is 12.1 Å². The van der Waals surface area contributed by atoms with E-state index in [1.54, 1.807) is 29.1 Å². The van der Waals surface area contributed by atoms with Gasteiger partial charge in [-0.1, -0.05) is 17.3 Å². The molecule has 0 unspecified atom stereocenters. The molecule has 2 heterocycles. The zero-order valence-electron chi connectivity index (χ0n) is 17.6. The molecule has 11 heteroatoms. The number of sulfonamides is 1. The molecule has 2 N–H and O–H groups in total. The predicted molar refractivity (Wildman–Crippen MR) is 116 cm³/mol. The summed E-state index contributed by atoms with van der Waals surface area (Å²) < 4.78 is 62.3. The molecule has 0 bridgehead atoms. The number of nitrogens with zero attached hydrogens (tertiary/aromatic N) is 3. The third kappa shape index (κ3) is 5.61. The summed E-state index contributed by atoms with van der Waals surface area (Å²) >= 11 is 0. The Bertz CT molecular complexity index is 1190. The van der Waals surface area contributed by atoms with Gasteiger partial charge in [0, 0.05) is 12.1 Å². The molecule has 3 atom stereocenters.